The Morgan fingerprint density at radius 2 is 2.22 bits per heavy atom. The van der Waals surface area contributed by atoms with Gasteiger partial charge in [-0.2, -0.15) is 0 Å². The van der Waals surface area contributed by atoms with Crippen LogP contribution in [0.2, 0.25) is 0 Å². The predicted octanol–water partition coefficient (Wildman–Crippen LogP) is 0.776. The minimum absolute atomic E-state index is 0.214. The average molecular weight is 270 g/mol. The molecule has 0 spiro atoms. The molecule has 5 nitrogen and oxygen atoms in total. The van der Waals surface area contributed by atoms with E-state index in [1.54, 1.807) is 24.5 Å². The van der Waals surface area contributed by atoms with Crippen LogP contribution in [0.25, 0.3) is 0 Å². The highest BCUT2D eigenvalue weighted by Gasteiger charge is 2.11. The first kappa shape index (κ1) is 14.5. The minimum Gasteiger partial charge on any atom is -0.496 e. The van der Waals surface area contributed by atoms with Gasteiger partial charge in [0.15, 0.2) is 0 Å². The Morgan fingerprint density at radius 1 is 1.50 bits per heavy atom. The predicted molar refractivity (Wildman–Crippen MR) is 73.3 cm³/mol. The number of ether oxygens (including phenoxy) is 1. The van der Waals surface area contributed by atoms with Gasteiger partial charge in [-0.1, -0.05) is 0 Å². The van der Waals surface area contributed by atoms with E-state index in [4.69, 9.17) is 10.5 Å². The van der Waals surface area contributed by atoms with Crippen molar-refractivity contribution in [2.24, 2.45) is 0 Å². The number of nitrogens with one attached hydrogen (secondary N) is 1. The van der Waals surface area contributed by atoms with E-state index in [-0.39, 0.29) is 5.91 Å². The van der Waals surface area contributed by atoms with Crippen LogP contribution in [-0.4, -0.2) is 35.8 Å². The SMILES string of the molecule is COc1cc(N)ccc1C(=O)NCCCS(C)=O. The van der Waals surface area contributed by atoms with E-state index in [1.807, 2.05) is 0 Å². The van der Waals surface area contributed by atoms with E-state index in [0.717, 1.165) is 0 Å². The number of hydrogen-bond donors (Lipinski definition) is 2. The van der Waals surface area contributed by atoms with E-state index in [9.17, 15) is 9.00 Å². The van der Waals surface area contributed by atoms with Crippen LogP contribution >= 0.6 is 0 Å². The molecule has 0 aliphatic carbocycles. The summed E-state index contributed by atoms with van der Waals surface area (Å²) in [6.07, 6.45) is 2.33. The van der Waals surface area contributed by atoms with Gasteiger partial charge in [0.1, 0.15) is 5.75 Å². The molecule has 1 aromatic rings. The largest absolute Gasteiger partial charge is 0.496 e. The first-order valence-corrected chi connectivity index (χ1v) is 7.29. The zero-order valence-corrected chi connectivity index (χ0v) is 11.4. The molecule has 0 bridgehead atoms. The zero-order valence-electron chi connectivity index (χ0n) is 10.6. The van der Waals surface area contributed by atoms with Crippen LogP contribution in [-0.2, 0) is 10.8 Å². The second-order valence-corrected chi connectivity index (χ2v) is 5.40. The van der Waals surface area contributed by atoms with Crippen molar-refractivity contribution in [2.45, 2.75) is 6.42 Å². The highest BCUT2D eigenvalue weighted by Crippen LogP contribution is 2.21. The van der Waals surface area contributed by atoms with Crippen molar-refractivity contribution in [1.29, 1.82) is 0 Å². The third kappa shape index (κ3) is 4.37. The molecule has 0 aliphatic heterocycles. The van der Waals surface area contributed by atoms with E-state index in [1.165, 1.54) is 7.11 Å². The Morgan fingerprint density at radius 3 is 2.83 bits per heavy atom. The molecule has 3 N–H and O–H groups in total. The lowest BCUT2D eigenvalue weighted by Crippen LogP contribution is -2.25. The molecule has 0 heterocycles. The molecule has 0 saturated carbocycles. The number of anilines is 1. The number of carbonyl (C=O) groups excluding carboxylic acids is 1. The highest BCUT2D eigenvalue weighted by molar-refractivity contribution is 7.84. The molecule has 0 aliphatic rings. The summed E-state index contributed by atoms with van der Waals surface area (Å²) in [4.78, 5) is 11.9. The van der Waals surface area contributed by atoms with Gasteiger partial charge in [-0.05, 0) is 18.6 Å². The smallest absolute Gasteiger partial charge is 0.255 e. The first-order valence-electron chi connectivity index (χ1n) is 5.56. The number of nitrogens with two attached hydrogens (primary N) is 1. The van der Waals surface area contributed by atoms with Gasteiger partial charge in [-0.3, -0.25) is 9.00 Å². The van der Waals surface area contributed by atoms with Crippen LogP contribution < -0.4 is 15.8 Å². The fourth-order valence-corrected chi connectivity index (χ4v) is 2.02. The number of rotatable bonds is 6. The van der Waals surface area contributed by atoms with Gasteiger partial charge >= 0.3 is 0 Å². The lowest BCUT2D eigenvalue weighted by Gasteiger charge is -2.09. The molecule has 100 valence electrons. The third-order valence-electron chi connectivity index (χ3n) is 2.36. The summed E-state index contributed by atoms with van der Waals surface area (Å²) in [7, 11) is 0.665. The fourth-order valence-electron chi connectivity index (χ4n) is 1.47. The molecule has 1 rings (SSSR count). The summed E-state index contributed by atoms with van der Waals surface area (Å²) >= 11 is 0. The Hall–Kier alpha value is -1.56. The van der Waals surface area contributed by atoms with E-state index in [0.29, 0.717) is 35.7 Å². The van der Waals surface area contributed by atoms with Gasteiger partial charge in [-0.25, -0.2) is 0 Å². The molecule has 1 atom stereocenters. The highest BCUT2D eigenvalue weighted by atomic mass is 32.2. The summed E-state index contributed by atoms with van der Waals surface area (Å²) in [6, 6.07) is 4.88. The molecule has 1 amide bonds. The van der Waals surface area contributed by atoms with Crippen LogP contribution in [0, 0.1) is 0 Å². The van der Waals surface area contributed by atoms with Gasteiger partial charge in [0.2, 0.25) is 0 Å². The summed E-state index contributed by atoms with van der Waals surface area (Å²) in [5, 5.41) is 2.75. The molecule has 18 heavy (non-hydrogen) atoms. The average Bonchev–Trinajstić information content (AvgIpc) is 2.33. The normalized spacial score (nSPS) is 11.9. The maximum Gasteiger partial charge on any atom is 0.255 e. The minimum atomic E-state index is -0.826. The molecular weight excluding hydrogens is 252 g/mol. The first-order chi connectivity index (χ1) is 8.54. The van der Waals surface area contributed by atoms with Crippen molar-refractivity contribution in [3.63, 3.8) is 0 Å². The molecule has 6 heteroatoms. The Labute approximate surface area is 109 Å². The van der Waals surface area contributed by atoms with E-state index < -0.39 is 10.8 Å². The van der Waals surface area contributed by atoms with Crippen LogP contribution in [0.5, 0.6) is 5.75 Å². The number of nitrogen functional groups attached to an aromatic ring is 1. The van der Waals surface area contributed by atoms with Crippen molar-refractivity contribution in [2.75, 3.05) is 31.4 Å². The number of benzene rings is 1. The third-order valence-corrected chi connectivity index (χ3v) is 3.23. The monoisotopic (exact) mass is 270 g/mol. The maximum absolute atomic E-state index is 11.9. The van der Waals surface area contributed by atoms with Crippen LogP contribution in [0.4, 0.5) is 5.69 Å². The van der Waals surface area contributed by atoms with Crippen LogP contribution in [0.15, 0.2) is 18.2 Å². The van der Waals surface area contributed by atoms with Crippen molar-refractivity contribution in [3.05, 3.63) is 23.8 Å². The van der Waals surface area contributed by atoms with Gasteiger partial charge in [0.25, 0.3) is 5.91 Å². The summed E-state index contributed by atoms with van der Waals surface area (Å²) < 4.78 is 16.0. The summed E-state index contributed by atoms with van der Waals surface area (Å²) in [5.41, 5.74) is 6.61. The number of carbonyl (C=O) groups is 1. The van der Waals surface area contributed by atoms with Gasteiger partial charge in [-0.15, -0.1) is 0 Å². The molecular formula is C12H18N2O3S. The quantitative estimate of drug-likeness (QED) is 0.591. The number of hydrogen-bond acceptors (Lipinski definition) is 4. The second-order valence-electron chi connectivity index (χ2n) is 3.85. The second kappa shape index (κ2) is 7.00. The van der Waals surface area contributed by atoms with Crippen molar-refractivity contribution >= 4 is 22.4 Å². The van der Waals surface area contributed by atoms with E-state index >= 15 is 0 Å². The Kier molecular flexibility index (Phi) is 5.64. The number of methoxy groups -OCH3 is 1. The zero-order chi connectivity index (χ0) is 13.5. The lowest BCUT2D eigenvalue weighted by atomic mass is 10.1. The topological polar surface area (TPSA) is 81.4 Å². The van der Waals surface area contributed by atoms with Crippen LogP contribution in [0.3, 0.4) is 0 Å². The van der Waals surface area contributed by atoms with Crippen molar-refractivity contribution < 1.29 is 13.7 Å². The molecule has 1 aromatic carbocycles. The summed E-state index contributed by atoms with van der Waals surface area (Å²) in [5.74, 6) is 0.819. The van der Waals surface area contributed by atoms with Crippen LogP contribution in [0.1, 0.15) is 16.8 Å². The number of amides is 1. The Balaban J connectivity index is 2.58. The standard InChI is InChI=1S/C12H18N2O3S/c1-17-11-8-9(13)4-5-10(11)12(15)14-6-3-7-18(2)16/h4-5,8H,3,6-7,13H2,1-2H3,(H,14,15). The Bertz CT molecular complexity index is 449. The maximum atomic E-state index is 11.9. The summed E-state index contributed by atoms with van der Waals surface area (Å²) in [6.45, 7) is 0.492. The van der Waals surface area contributed by atoms with Crippen molar-refractivity contribution in [1.82, 2.24) is 5.32 Å². The molecule has 0 saturated heterocycles. The molecule has 0 radical (unpaired) electrons. The lowest BCUT2D eigenvalue weighted by molar-refractivity contribution is 0.0951. The van der Waals surface area contributed by atoms with Gasteiger partial charge in [0.05, 0.1) is 12.7 Å². The fraction of sp³-hybridized carbons (Fsp3) is 0.417. The van der Waals surface area contributed by atoms with Gasteiger partial charge < -0.3 is 15.8 Å². The van der Waals surface area contributed by atoms with Crippen molar-refractivity contribution in [3.8, 4) is 5.75 Å². The van der Waals surface area contributed by atoms with Gasteiger partial charge in [0, 0.05) is 41.1 Å². The molecule has 1 unspecified atom stereocenters. The molecule has 0 aromatic heterocycles. The van der Waals surface area contributed by atoms with E-state index in [2.05, 4.69) is 5.32 Å². The molecule has 0 fully saturated rings.